The Morgan fingerprint density at radius 1 is 1.03 bits per heavy atom. The van der Waals surface area contributed by atoms with Gasteiger partial charge >= 0.3 is 0 Å². The first-order valence-corrected chi connectivity index (χ1v) is 9.97. The summed E-state index contributed by atoms with van der Waals surface area (Å²) >= 11 is 6.24. The molecule has 0 saturated carbocycles. The molecule has 0 atom stereocenters. The fourth-order valence-electron chi connectivity index (χ4n) is 3.00. The lowest BCUT2D eigenvalue weighted by molar-refractivity contribution is -0.123. The Kier molecular flexibility index (Phi) is 6.40. The minimum absolute atomic E-state index is 0.194. The van der Waals surface area contributed by atoms with Gasteiger partial charge in [0.05, 0.1) is 23.8 Å². The Bertz CT molecular complexity index is 1190. The van der Waals surface area contributed by atoms with E-state index in [-0.39, 0.29) is 12.5 Å². The first kappa shape index (κ1) is 20.4. The average molecular weight is 431 g/mol. The Balaban J connectivity index is 1.49. The predicted octanol–water partition coefficient (Wildman–Crippen LogP) is 4.72. The van der Waals surface area contributed by atoms with E-state index >= 15 is 0 Å². The number of halogens is 1. The Hall–Kier alpha value is -3.90. The van der Waals surface area contributed by atoms with Crippen molar-refractivity contribution in [1.29, 1.82) is 0 Å². The maximum Gasteiger partial charge on any atom is 0.277 e. The second-order valence-corrected chi connectivity index (χ2v) is 7.03. The van der Waals surface area contributed by atoms with Crippen molar-refractivity contribution in [2.45, 2.75) is 0 Å². The number of nitrogens with one attached hydrogen (secondary N) is 1. The molecule has 4 rings (SSSR count). The summed E-state index contributed by atoms with van der Waals surface area (Å²) in [4.78, 5) is 12.2. The SMILES string of the molecule is O=C(COc1ccc(Cl)cc1-c1ccnn1-c1ccccc1)N/N=C/c1ccccc1. The minimum Gasteiger partial charge on any atom is -0.483 e. The van der Waals surface area contributed by atoms with Crippen LogP contribution in [0.15, 0.2) is 96.2 Å². The third kappa shape index (κ3) is 5.18. The van der Waals surface area contributed by atoms with Gasteiger partial charge in [-0.05, 0) is 42.0 Å². The number of carbonyl (C=O) groups is 1. The van der Waals surface area contributed by atoms with Crippen molar-refractivity contribution in [3.63, 3.8) is 0 Å². The number of rotatable bonds is 7. The molecule has 1 amide bonds. The molecule has 3 aromatic carbocycles. The predicted molar refractivity (Wildman–Crippen MR) is 122 cm³/mol. The van der Waals surface area contributed by atoms with Crippen molar-refractivity contribution < 1.29 is 9.53 Å². The maximum absolute atomic E-state index is 12.2. The van der Waals surface area contributed by atoms with Crippen LogP contribution in [0.3, 0.4) is 0 Å². The van der Waals surface area contributed by atoms with E-state index < -0.39 is 0 Å². The lowest BCUT2D eigenvalue weighted by Crippen LogP contribution is -2.24. The van der Waals surface area contributed by atoms with Crippen molar-refractivity contribution in [2.75, 3.05) is 6.61 Å². The van der Waals surface area contributed by atoms with Crippen LogP contribution >= 0.6 is 11.6 Å². The van der Waals surface area contributed by atoms with Crippen molar-refractivity contribution >= 4 is 23.7 Å². The standard InChI is InChI=1S/C24H19ClN4O2/c25-19-11-12-23(31-17-24(30)28-26-16-18-7-3-1-4-8-18)21(15-19)22-13-14-27-29(22)20-9-5-2-6-10-20/h1-16H,17H2,(H,28,30)/b26-16+. The van der Waals surface area contributed by atoms with Crippen molar-refractivity contribution in [3.05, 3.63) is 102 Å². The summed E-state index contributed by atoms with van der Waals surface area (Å²) in [6.07, 6.45) is 3.28. The van der Waals surface area contributed by atoms with Crippen LogP contribution in [0.1, 0.15) is 5.56 Å². The second kappa shape index (κ2) is 9.73. The molecule has 0 aliphatic heterocycles. The Morgan fingerprint density at radius 2 is 1.77 bits per heavy atom. The normalized spacial score (nSPS) is 10.9. The Morgan fingerprint density at radius 3 is 2.55 bits per heavy atom. The molecule has 6 nitrogen and oxygen atoms in total. The molecule has 0 unspecified atom stereocenters. The van der Waals surface area contributed by atoms with E-state index in [1.165, 1.54) is 0 Å². The lowest BCUT2D eigenvalue weighted by atomic mass is 10.1. The molecule has 1 N–H and O–H groups in total. The zero-order chi connectivity index (χ0) is 21.5. The van der Waals surface area contributed by atoms with Gasteiger partial charge in [0.25, 0.3) is 5.91 Å². The molecular weight excluding hydrogens is 412 g/mol. The van der Waals surface area contributed by atoms with E-state index in [1.807, 2.05) is 66.7 Å². The van der Waals surface area contributed by atoms with Crippen LogP contribution in [0.5, 0.6) is 5.75 Å². The van der Waals surface area contributed by atoms with E-state index in [2.05, 4.69) is 15.6 Å². The average Bonchev–Trinajstić information content (AvgIpc) is 3.29. The third-order valence-electron chi connectivity index (χ3n) is 4.42. The zero-order valence-electron chi connectivity index (χ0n) is 16.5. The summed E-state index contributed by atoms with van der Waals surface area (Å²) in [5.41, 5.74) is 5.79. The minimum atomic E-state index is -0.371. The molecule has 154 valence electrons. The van der Waals surface area contributed by atoms with Gasteiger partial charge in [0.2, 0.25) is 0 Å². The highest BCUT2D eigenvalue weighted by Gasteiger charge is 2.14. The summed E-state index contributed by atoms with van der Waals surface area (Å²) in [6, 6.07) is 26.3. The van der Waals surface area contributed by atoms with Crippen LogP contribution in [-0.2, 0) is 4.79 Å². The molecule has 0 spiro atoms. The maximum atomic E-state index is 12.2. The van der Waals surface area contributed by atoms with Crippen LogP contribution in [0.25, 0.3) is 16.9 Å². The highest BCUT2D eigenvalue weighted by atomic mass is 35.5. The lowest BCUT2D eigenvalue weighted by Gasteiger charge is -2.13. The highest BCUT2D eigenvalue weighted by molar-refractivity contribution is 6.31. The molecule has 7 heteroatoms. The zero-order valence-corrected chi connectivity index (χ0v) is 17.2. The van der Waals surface area contributed by atoms with Crippen molar-refractivity contribution in [1.82, 2.24) is 15.2 Å². The monoisotopic (exact) mass is 430 g/mol. The number of aromatic nitrogens is 2. The fraction of sp³-hybridized carbons (Fsp3) is 0.0417. The van der Waals surface area contributed by atoms with Gasteiger partial charge in [0.1, 0.15) is 5.75 Å². The molecule has 1 heterocycles. The number of amides is 1. The van der Waals surface area contributed by atoms with E-state index in [0.717, 1.165) is 22.5 Å². The molecule has 0 fully saturated rings. The molecule has 4 aromatic rings. The third-order valence-corrected chi connectivity index (χ3v) is 4.66. The van der Waals surface area contributed by atoms with Crippen LogP contribution in [0.2, 0.25) is 5.02 Å². The topological polar surface area (TPSA) is 68.5 Å². The van der Waals surface area contributed by atoms with Gasteiger partial charge in [0.15, 0.2) is 6.61 Å². The van der Waals surface area contributed by atoms with Gasteiger partial charge in [-0.25, -0.2) is 10.1 Å². The first-order chi connectivity index (χ1) is 15.2. The number of hydrogen-bond donors (Lipinski definition) is 1. The number of hydrazone groups is 1. The molecule has 0 bridgehead atoms. The number of hydrogen-bond acceptors (Lipinski definition) is 4. The summed E-state index contributed by atoms with van der Waals surface area (Å²) < 4.78 is 7.58. The van der Waals surface area contributed by atoms with Crippen molar-refractivity contribution in [2.24, 2.45) is 5.10 Å². The number of para-hydroxylation sites is 1. The molecule has 1 aromatic heterocycles. The molecule has 31 heavy (non-hydrogen) atoms. The summed E-state index contributed by atoms with van der Waals surface area (Å²) in [7, 11) is 0. The van der Waals surface area contributed by atoms with E-state index in [0.29, 0.717) is 10.8 Å². The van der Waals surface area contributed by atoms with Gasteiger partial charge in [-0.1, -0.05) is 60.1 Å². The molecule has 0 aliphatic carbocycles. The number of benzene rings is 3. The largest absolute Gasteiger partial charge is 0.483 e. The summed E-state index contributed by atoms with van der Waals surface area (Å²) in [6.45, 7) is -0.194. The smallest absolute Gasteiger partial charge is 0.277 e. The fourth-order valence-corrected chi connectivity index (χ4v) is 3.18. The highest BCUT2D eigenvalue weighted by Crippen LogP contribution is 2.33. The van der Waals surface area contributed by atoms with E-state index in [9.17, 15) is 4.79 Å². The van der Waals surface area contributed by atoms with Crippen molar-refractivity contribution in [3.8, 4) is 22.7 Å². The van der Waals surface area contributed by atoms with Crippen LogP contribution < -0.4 is 10.2 Å². The van der Waals surface area contributed by atoms with E-state index in [1.54, 1.807) is 35.3 Å². The van der Waals surface area contributed by atoms with Crippen LogP contribution in [0.4, 0.5) is 0 Å². The molecule has 0 radical (unpaired) electrons. The number of ether oxygens (including phenoxy) is 1. The molecule has 0 saturated heterocycles. The quantitative estimate of drug-likeness (QED) is 0.340. The van der Waals surface area contributed by atoms with Crippen LogP contribution in [0, 0.1) is 0 Å². The van der Waals surface area contributed by atoms with Crippen LogP contribution in [-0.4, -0.2) is 28.5 Å². The first-order valence-electron chi connectivity index (χ1n) is 9.60. The molecule has 0 aliphatic rings. The summed E-state index contributed by atoms with van der Waals surface area (Å²) in [5.74, 6) is 0.147. The van der Waals surface area contributed by atoms with E-state index in [4.69, 9.17) is 16.3 Å². The van der Waals surface area contributed by atoms with Gasteiger partial charge in [-0.3, -0.25) is 4.79 Å². The summed E-state index contributed by atoms with van der Waals surface area (Å²) in [5, 5.41) is 8.93. The van der Waals surface area contributed by atoms with Gasteiger partial charge in [-0.15, -0.1) is 0 Å². The second-order valence-electron chi connectivity index (χ2n) is 6.60. The Labute approximate surface area is 184 Å². The van der Waals surface area contributed by atoms with Gasteiger partial charge in [0, 0.05) is 10.6 Å². The van der Waals surface area contributed by atoms with Gasteiger partial charge in [-0.2, -0.15) is 10.2 Å². The number of carbonyl (C=O) groups excluding carboxylic acids is 1. The van der Waals surface area contributed by atoms with Gasteiger partial charge < -0.3 is 4.74 Å². The molecular formula is C24H19ClN4O2. The number of nitrogens with zero attached hydrogens (tertiary/aromatic N) is 3.